The van der Waals surface area contributed by atoms with E-state index in [4.69, 9.17) is 0 Å². The van der Waals surface area contributed by atoms with Crippen molar-refractivity contribution >= 4 is 23.4 Å². The van der Waals surface area contributed by atoms with Crippen molar-refractivity contribution in [3.63, 3.8) is 0 Å². The summed E-state index contributed by atoms with van der Waals surface area (Å²) in [6.07, 6.45) is 5.23. The monoisotopic (exact) mass is 365 g/mol. The predicted molar refractivity (Wildman–Crippen MR) is 104 cm³/mol. The average molecular weight is 365 g/mol. The van der Waals surface area contributed by atoms with E-state index in [1.165, 1.54) is 11.8 Å². The summed E-state index contributed by atoms with van der Waals surface area (Å²) in [5.74, 6) is 0.619. The molecule has 1 N–H and O–H groups in total. The number of carbonyl (C=O) groups is 1. The molecule has 1 amide bonds. The number of hydrogen-bond donors (Lipinski definition) is 1. The quantitative estimate of drug-likeness (QED) is 0.511. The Labute approximate surface area is 156 Å². The van der Waals surface area contributed by atoms with E-state index in [0.717, 1.165) is 11.3 Å². The number of nitrogens with one attached hydrogen (secondary N) is 1. The Hall–Kier alpha value is -2.93. The lowest BCUT2D eigenvalue weighted by molar-refractivity contribution is -0.115. The van der Waals surface area contributed by atoms with Crippen LogP contribution in [0.15, 0.2) is 72.7 Å². The molecule has 0 aliphatic carbocycles. The molecule has 3 rings (SSSR count). The zero-order valence-corrected chi connectivity index (χ0v) is 15.2. The second-order valence-corrected chi connectivity index (χ2v) is 6.87. The third-order valence-electron chi connectivity index (χ3n) is 3.64. The van der Waals surface area contributed by atoms with Crippen LogP contribution in [-0.4, -0.2) is 30.9 Å². The molecule has 0 fully saturated rings. The minimum absolute atomic E-state index is 0.0859. The maximum Gasteiger partial charge on any atom is 0.237 e. The molecule has 3 aromatic rings. The summed E-state index contributed by atoms with van der Waals surface area (Å²) >= 11 is 1.36. The van der Waals surface area contributed by atoms with Crippen LogP contribution in [0.5, 0.6) is 0 Å². The summed E-state index contributed by atoms with van der Waals surface area (Å²) in [5.41, 5.74) is 1.64. The Morgan fingerprint density at radius 1 is 1.27 bits per heavy atom. The van der Waals surface area contributed by atoms with E-state index in [1.807, 2.05) is 54.0 Å². The molecule has 2 heterocycles. The van der Waals surface area contributed by atoms with E-state index in [1.54, 1.807) is 18.5 Å². The number of pyridine rings is 1. The largest absolute Gasteiger partial charge is 0.325 e. The van der Waals surface area contributed by atoms with Gasteiger partial charge in [-0.25, -0.2) is 0 Å². The van der Waals surface area contributed by atoms with Crippen LogP contribution in [0.2, 0.25) is 0 Å². The zero-order chi connectivity index (χ0) is 18.4. The van der Waals surface area contributed by atoms with Gasteiger partial charge in [-0.2, -0.15) is 0 Å². The Balaban J connectivity index is 1.77. The minimum Gasteiger partial charge on any atom is -0.325 e. The standard InChI is InChI=1S/C19H19N5OS/c1-3-12-24-17(15-8-7-11-20-13-15)22-23-19(24)26-14(2)18(25)21-16-9-5-4-6-10-16/h3-11,13-14H,1,12H2,2H3,(H,21,25). The number of allylic oxidation sites excluding steroid dienone is 1. The SMILES string of the molecule is C=CCn1c(SC(C)C(=O)Nc2ccccc2)nnc1-c1cccnc1. The molecule has 0 aliphatic heterocycles. The molecule has 132 valence electrons. The van der Waals surface area contributed by atoms with Gasteiger partial charge < -0.3 is 5.32 Å². The average Bonchev–Trinajstić information content (AvgIpc) is 3.06. The first kappa shape index (κ1) is 17.9. The van der Waals surface area contributed by atoms with Gasteiger partial charge in [0.25, 0.3) is 0 Å². The molecule has 1 aromatic carbocycles. The summed E-state index contributed by atoms with van der Waals surface area (Å²) in [5, 5.41) is 11.8. The van der Waals surface area contributed by atoms with Gasteiger partial charge in [0, 0.05) is 30.2 Å². The number of aromatic nitrogens is 4. The van der Waals surface area contributed by atoms with Gasteiger partial charge in [-0.1, -0.05) is 36.0 Å². The zero-order valence-electron chi connectivity index (χ0n) is 14.4. The number of para-hydroxylation sites is 1. The van der Waals surface area contributed by atoms with Crippen molar-refractivity contribution in [3.05, 3.63) is 67.5 Å². The minimum atomic E-state index is -0.329. The van der Waals surface area contributed by atoms with Gasteiger partial charge in [0.1, 0.15) is 0 Å². The van der Waals surface area contributed by atoms with Crippen LogP contribution in [0.3, 0.4) is 0 Å². The van der Waals surface area contributed by atoms with Crippen molar-refractivity contribution in [2.75, 3.05) is 5.32 Å². The number of nitrogens with zero attached hydrogens (tertiary/aromatic N) is 4. The van der Waals surface area contributed by atoms with Crippen molar-refractivity contribution in [1.82, 2.24) is 19.7 Å². The van der Waals surface area contributed by atoms with Crippen LogP contribution < -0.4 is 5.32 Å². The molecule has 0 bridgehead atoms. The smallest absolute Gasteiger partial charge is 0.237 e. The van der Waals surface area contributed by atoms with Crippen LogP contribution >= 0.6 is 11.8 Å². The fraction of sp³-hybridized carbons (Fsp3) is 0.158. The lowest BCUT2D eigenvalue weighted by atomic mass is 10.3. The van der Waals surface area contributed by atoms with Gasteiger partial charge >= 0.3 is 0 Å². The molecule has 2 aromatic heterocycles. The molecule has 6 nitrogen and oxygen atoms in total. The van der Waals surface area contributed by atoms with Crippen LogP contribution in [0.25, 0.3) is 11.4 Å². The van der Waals surface area contributed by atoms with E-state index < -0.39 is 0 Å². The van der Waals surface area contributed by atoms with Crippen LogP contribution in [-0.2, 0) is 11.3 Å². The molecule has 7 heteroatoms. The Bertz CT molecular complexity index is 879. The Morgan fingerprint density at radius 3 is 2.77 bits per heavy atom. The molecule has 1 atom stereocenters. The third-order valence-corrected chi connectivity index (χ3v) is 4.72. The maximum atomic E-state index is 12.4. The highest BCUT2D eigenvalue weighted by atomic mass is 32.2. The van der Waals surface area contributed by atoms with E-state index >= 15 is 0 Å². The molecule has 0 saturated carbocycles. The summed E-state index contributed by atoms with van der Waals surface area (Å²) in [7, 11) is 0. The molecule has 0 radical (unpaired) electrons. The summed E-state index contributed by atoms with van der Waals surface area (Å²) in [6, 6.07) is 13.2. The van der Waals surface area contributed by atoms with Gasteiger partial charge in [0.05, 0.1) is 5.25 Å². The van der Waals surface area contributed by atoms with Crippen molar-refractivity contribution in [2.45, 2.75) is 23.9 Å². The molecular formula is C19H19N5OS. The summed E-state index contributed by atoms with van der Waals surface area (Å²) in [4.78, 5) is 16.6. The molecule has 26 heavy (non-hydrogen) atoms. The van der Waals surface area contributed by atoms with Gasteiger partial charge in [0.15, 0.2) is 11.0 Å². The van der Waals surface area contributed by atoms with E-state index in [-0.39, 0.29) is 11.2 Å². The van der Waals surface area contributed by atoms with E-state index in [2.05, 4.69) is 27.1 Å². The van der Waals surface area contributed by atoms with Crippen molar-refractivity contribution < 1.29 is 4.79 Å². The lowest BCUT2D eigenvalue weighted by Gasteiger charge is -2.13. The fourth-order valence-corrected chi connectivity index (χ4v) is 3.21. The molecule has 0 saturated heterocycles. The van der Waals surface area contributed by atoms with Crippen molar-refractivity contribution in [2.24, 2.45) is 0 Å². The molecular weight excluding hydrogens is 346 g/mol. The van der Waals surface area contributed by atoms with Crippen LogP contribution in [0.1, 0.15) is 6.92 Å². The predicted octanol–water partition coefficient (Wildman–Crippen LogP) is 3.65. The topological polar surface area (TPSA) is 72.7 Å². The van der Waals surface area contributed by atoms with Crippen molar-refractivity contribution in [1.29, 1.82) is 0 Å². The van der Waals surface area contributed by atoms with E-state index in [0.29, 0.717) is 17.5 Å². The Kier molecular flexibility index (Phi) is 5.80. The van der Waals surface area contributed by atoms with Gasteiger partial charge in [-0.3, -0.25) is 14.3 Å². The normalized spacial score (nSPS) is 11.7. The van der Waals surface area contributed by atoms with Gasteiger partial charge in [-0.15, -0.1) is 16.8 Å². The fourth-order valence-electron chi connectivity index (χ4n) is 2.36. The number of carbonyl (C=O) groups excluding carboxylic acids is 1. The second kappa shape index (κ2) is 8.44. The number of thioether (sulfide) groups is 1. The lowest BCUT2D eigenvalue weighted by Crippen LogP contribution is -2.22. The third kappa shape index (κ3) is 4.18. The number of rotatable bonds is 7. The van der Waals surface area contributed by atoms with Gasteiger partial charge in [0.2, 0.25) is 5.91 Å². The highest BCUT2D eigenvalue weighted by molar-refractivity contribution is 8.00. The first-order valence-electron chi connectivity index (χ1n) is 8.16. The molecule has 1 unspecified atom stereocenters. The first-order valence-corrected chi connectivity index (χ1v) is 9.04. The number of benzene rings is 1. The molecule has 0 spiro atoms. The second-order valence-electron chi connectivity index (χ2n) is 5.56. The van der Waals surface area contributed by atoms with Crippen LogP contribution in [0.4, 0.5) is 5.69 Å². The maximum absolute atomic E-state index is 12.4. The summed E-state index contributed by atoms with van der Waals surface area (Å²) < 4.78 is 1.93. The van der Waals surface area contributed by atoms with Crippen molar-refractivity contribution in [3.8, 4) is 11.4 Å². The van der Waals surface area contributed by atoms with Gasteiger partial charge in [-0.05, 0) is 31.2 Å². The highest BCUT2D eigenvalue weighted by Gasteiger charge is 2.20. The first-order chi connectivity index (χ1) is 12.7. The number of amides is 1. The number of hydrogen-bond acceptors (Lipinski definition) is 5. The van der Waals surface area contributed by atoms with Crippen LogP contribution in [0, 0.1) is 0 Å². The molecule has 0 aliphatic rings. The summed E-state index contributed by atoms with van der Waals surface area (Å²) in [6.45, 7) is 6.20. The Morgan fingerprint density at radius 2 is 2.08 bits per heavy atom. The highest BCUT2D eigenvalue weighted by Crippen LogP contribution is 2.27. The number of anilines is 1. The van der Waals surface area contributed by atoms with E-state index in [9.17, 15) is 4.79 Å².